The molecule has 7 heteroatoms. The molecule has 2 aromatic carbocycles. The predicted molar refractivity (Wildman–Crippen MR) is 83.7 cm³/mol. The maximum absolute atomic E-state index is 12.6. The van der Waals surface area contributed by atoms with Crippen LogP contribution in [0.5, 0.6) is 0 Å². The smallest absolute Gasteiger partial charge is 0.207 e. The monoisotopic (exact) mass is 355 g/mol. The number of halogens is 3. The van der Waals surface area contributed by atoms with Crippen LogP contribution in [0.15, 0.2) is 59.5 Å². The van der Waals surface area contributed by atoms with Gasteiger partial charge in [-0.15, -0.1) is 0 Å². The molecular weight excluding hydrogens is 339 g/mol. The van der Waals surface area contributed by atoms with E-state index in [2.05, 4.69) is 4.72 Å². The van der Waals surface area contributed by atoms with Crippen molar-refractivity contribution >= 4 is 10.0 Å². The summed E-state index contributed by atoms with van der Waals surface area (Å²) in [5.41, 5.74) is -0.0151. The minimum absolute atomic E-state index is 0.169. The zero-order chi connectivity index (χ0) is 17.4. The summed E-state index contributed by atoms with van der Waals surface area (Å²) in [7, 11) is -3.89. The molecule has 2 aromatic rings. The van der Waals surface area contributed by atoms with E-state index in [-0.39, 0.29) is 16.9 Å². The number of nitrogens with one attached hydrogen (secondary N) is 1. The number of benzene rings is 2. The molecule has 0 bridgehead atoms. The third kappa shape index (κ3) is 3.79. The van der Waals surface area contributed by atoms with Gasteiger partial charge in [-0.2, -0.15) is 13.2 Å². The van der Waals surface area contributed by atoms with Crippen LogP contribution in [0, 0.1) is 5.92 Å². The van der Waals surface area contributed by atoms with E-state index in [0.717, 1.165) is 42.7 Å². The molecule has 0 aromatic heterocycles. The normalized spacial score (nSPS) is 16.8. The summed E-state index contributed by atoms with van der Waals surface area (Å²) in [6.45, 7) is 0. The van der Waals surface area contributed by atoms with Crippen molar-refractivity contribution in [2.45, 2.75) is 30.0 Å². The van der Waals surface area contributed by atoms with E-state index in [1.54, 1.807) is 0 Å². The Balaban J connectivity index is 1.84. The average molecular weight is 355 g/mol. The summed E-state index contributed by atoms with van der Waals surface area (Å²) < 4.78 is 65.5. The van der Waals surface area contributed by atoms with Crippen LogP contribution < -0.4 is 4.72 Å². The van der Waals surface area contributed by atoms with Gasteiger partial charge < -0.3 is 0 Å². The highest BCUT2D eigenvalue weighted by atomic mass is 32.2. The Labute approximate surface area is 138 Å². The van der Waals surface area contributed by atoms with Crippen molar-refractivity contribution in [2.24, 2.45) is 5.92 Å². The van der Waals surface area contributed by atoms with Gasteiger partial charge in [-0.05, 0) is 48.6 Å². The summed E-state index contributed by atoms with van der Waals surface area (Å²) in [6, 6.07) is 12.4. The molecule has 0 amide bonds. The van der Waals surface area contributed by atoms with Crippen molar-refractivity contribution < 1.29 is 21.6 Å². The molecule has 24 heavy (non-hydrogen) atoms. The molecule has 0 radical (unpaired) electrons. The first kappa shape index (κ1) is 17.0. The summed E-state index contributed by atoms with van der Waals surface area (Å²) in [6.07, 6.45) is -2.64. The molecule has 1 N–H and O–H groups in total. The Kier molecular flexibility index (Phi) is 4.40. The van der Waals surface area contributed by atoms with E-state index in [4.69, 9.17) is 0 Å². The second kappa shape index (κ2) is 6.22. The van der Waals surface area contributed by atoms with Gasteiger partial charge in [0.15, 0.2) is 0 Å². The summed E-state index contributed by atoms with van der Waals surface area (Å²) >= 11 is 0. The van der Waals surface area contributed by atoms with Crippen LogP contribution in [0.25, 0.3) is 0 Å². The molecular formula is C17H16F3NO2S. The molecule has 0 aliphatic heterocycles. The Morgan fingerprint density at radius 1 is 0.958 bits per heavy atom. The van der Waals surface area contributed by atoms with E-state index in [1.807, 2.05) is 30.3 Å². The summed E-state index contributed by atoms with van der Waals surface area (Å²) in [4.78, 5) is -0.169. The van der Waals surface area contributed by atoms with Crippen molar-refractivity contribution in [3.63, 3.8) is 0 Å². The van der Waals surface area contributed by atoms with Crippen molar-refractivity contribution in [3.05, 3.63) is 65.7 Å². The van der Waals surface area contributed by atoms with Crippen LogP contribution in [0.2, 0.25) is 0 Å². The van der Waals surface area contributed by atoms with Gasteiger partial charge in [0.05, 0.1) is 10.5 Å². The molecule has 0 spiro atoms. The van der Waals surface area contributed by atoms with E-state index < -0.39 is 21.8 Å². The van der Waals surface area contributed by atoms with Gasteiger partial charge in [0, 0.05) is 6.04 Å². The van der Waals surface area contributed by atoms with Crippen LogP contribution in [0.4, 0.5) is 13.2 Å². The second-order valence-electron chi connectivity index (χ2n) is 5.87. The van der Waals surface area contributed by atoms with Crippen molar-refractivity contribution in [1.82, 2.24) is 4.72 Å². The number of hydrogen-bond donors (Lipinski definition) is 1. The zero-order valence-corrected chi connectivity index (χ0v) is 13.4. The Hall–Kier alpha value is -1.86. The van der Waals surface area contributed by atoms with Crippen molar-refractivity contribution in [2.75, 3.05) is 0 Å². The molecule has 1 aliphatic rings. The summed E-state index contributed by atoms with van der Waals surface area (Å²) in [5, 5.41) is 0. The van der Waals surface area contributed by atoms with E-state index in [9.17, 15) is 21.6 Å². The molecule has 0 heterocycles. The van der Waals surface area contributed by atoms with Crippen molar-refractivity contribution in [1.29, 1.82) is 0 Å². The molecule has 1 saturated carbocycles. The van der Waals surface area contributed by atoms with Gasteiger partial charge in [0.1, 0.15) is 0 Å². The number of sulfonamides is 1. The molecule has 3 nitrogen and oxygen atoms in total. The van der Waals surface area contributed by atoms with Gasteiger partial charge in [-0.3, -0.25) is 0 Å². The van der Waals surface area contributed by atoms with Crippen molar-refractivity contribution in [3.8, 4) is 0 Å². The topological polar surface area (TPSA) is 46.2 Å². The molecule has 3 rings (SSSR count). The van der Waals surface area contributed by atoms with Crippen LogP contribution in [0.3, 0.4) is 0 Å². The SMILES string of the molecule is O=S(=O)(NC(c1ccccc1)C1CC1)c1ccc(C(F)(F)F)cc1. The van der Waals surface area contributed by atoms with Gasteiger partial charge in [-0.1, -0.05) is 30.3 Å². The fourth-order valence-corrected chi connectivity index (χ4v) is 3.88. The molecule has 1 atom stereocenters. The third-order valence-electron chi connectivity index (χ3n) is 4.03. The zero-order valence-electron chi connectivity index (χ0n) is 12.6. The largest absolute Gasteiger partial charge is 0.416 e. The summed E-state index contributed by atoms with van der Waals surface area (Å²) in [5.74, 6) is 0.219. The van der Waals surface area contributed by atoms with Crippen LogP contribution in [-0.4, -0.2) is 8.42 Å². The first-order chi connectivity index (χ1) is 11.3. The highest BCUT2D eigenvalue weighted by molar-refractivity contribution is 7.89. The number of alkyl halides is 3. The lowest BCUT2D eigenvalue weighted by Gasteiger charge is -2.19. The number of hydrogen-bond acceptors (Lipinski definition) is 2. The lowest BCUT2D eigenvalue weighted by atomic mass is 10.0. The first-order valence-corrected chi connectivity index (χ1v) is 9.00. The van der Waals surface area contributed by atoms with Crippen LogP contribution >= 0.6 is 0 Å². The lowest BCUT2D eigenvalue weighted by molar-refractivity contribution is -0.137. The number of rotatable bonds is 5. The van der Waals surface area contributed by atoms with Crippen LogP contribution in [0.1, 0.15) is 30.0 Å². The van der Waals surface area contributed by atoms with Gasteiger partial charge in [0.25, 0.3) is 0 Å². The fraction of sp³-hybridized carbons (Fsp3) is 0.294. The lowest BCUT2D eigenvalue weighted by Crippen LogP contribution is -2.30. The minimum Gasteiger partial charge on any atom is -0.207 e. The van der Waals surface area contributed by atoms with E-state index in [1.165, 1.54) is 0 Å². The van der Waals surface area contributed by atoms with E-state index >= 15 is 0 Å². The van der Waals surface area contributed by atoms with Gasteiger partial charge in [0.2, 0.25) is 10.0 Å². The standard InChI is InChI=1S/C17H16F3NO2S/c18-17(19,20)14-8-10-15(11-9-14)24(22,23)21-16(13-6-7-13)12-4-2-1-3-5-12/h1-5,8-11,13,16,21H,6-7H2. The first-order valence-electron chi connectivity index (χ1n) is 7.52. The molecule has 1 fully saturated rings. The minimum atomic E-state index is -4.49. The Bertz CT molecular complexity index is 798. The highest BCUT2D eigenvalue weighted by Gasteiger charge is 2.36. The second-order valence-corrected chi connectivity index (χ2v) is 7.58. The molecule has 0 saturated heterocycles. The maximum atomic E-state index is 12.6. The molecule has 1 unspecified atom stereocenters. The fourth-order valence-electron chi connectivity index (χ4n) is 2.58. The molecule has 1 aliphatic carbocycles. The van der Waals surface area contributed by atoms with Gasteiger partial charge >= 0.3 is 6.18 Å². The Morgan fingerprint density at radius 3 is 2.04 bits per heavy atom. The van der Waals surface area contributed by atoms with E-state index in [0.29, 0.717) is 0 Å². The van der Waals surface area contributed by atoms with Crippen LogP contribution in [-0.2, 0) is 16.2 Å². The third-order valence-corrected chi connectivity index (χ3v) is 5.48. The average Bonchev–Trinajstić information content (AvgIpc) is 3.38. The Morgan fingerprint density at radius 2 is 1.54 bits per heavy atom. The highest BCUT2D eigenvalue weighted by Crippen LogP contribution is 2.41. The quantitative estimate of drug-likeness (QED) is 0.876. The molecule has 128 valence electrons. The van der Waals surface area contributed by atoms with Gasteiger partial charge in [-0.25, -0.2) is 13.1 Å². The predicted octanol–water partition coefficient (Wildman–Crippen LogP) is 4.14. The maximum Gasteiger partial charge on any atom is 0.416 e.